The van der Waals surface area contributed by atoms with Crippen LogP contribution in [0.2, 0.25) is 0 Å². The van der Waals surface area contributed by atoms with Gasteiger partial charge in [-0.1, -0.05) is 30.3 Å². The highest BCUT2D eigenvalue weighted by molar-refractivity contribution is 5.83. The van der Waals surface area contributed by atoms with Gasteiger partial charge in [0.05, 0.1) is 12.3 Å². The SMILES string of the molecule is CCNC(=NCCCOc1ccc2ccccc2c1)NCCc1c(C)nn(C)c1C. The highest BCUT2D eigenvalue weighted by Gasteiger charge is 2.09. The number of aliphatic imine (C=N–C) groups is 1. The molecule has 0 amide bonds. The third-order valence-corrected chi connectivity index (χ3v) is 5.23. The lowest BCUT2D eigenvalue weighted by Gasteiger charge is -2.12. The second kappa shape index (κ2) is 10.7. The minimum atomic E-state index is 0.648. The number of nitrogens with one attached hydrogen (secondary N) is 2. The summed E-state index contributed by atoms with van der Waals surface area (Å²) in [4.78, 5) is 4.67. The molecule has 0 spiro atoms. The third kappa shape index (κ3) is 5.75. The second-order valence-electron chi connectivity index (χ2n) is 7.42. The maximum Gasteiger partial charge on any atom is 0.191 e. The zero-order valence-electron chi connectivity index (χ0n) is 18.5. The fourth-order valence-electron chi connectivity index (χ4n) is 3.53. The molecule has 0 saturated heterocycles. The lowest BCUT2D eigenvalue weighted by molar-refractivity contribution is 0.314. The molecule has 0 saturated carbocycles. The molecule has 0 aliphatic carbocycles. The Balaban J connectivity index is 1.43. The smallest absolute Gasteiger partial charge is 0.191 e. The zero-order valence-corrected chi connectivity index (χ0v) is 18.5. The number of rotatable bonds is 9. The van der Waals surface area contributed by atoms with E-state index in [9.17, 15) is 0 Å². The van der Waals surface area contributed by atoms with Gasteiger partial charge in [0.25, 0.3) is 0 Å². The molecule has 6 nitrogen and oxygen atoms in total. The van der Waals surface area contributed by atoms with E-state index in [0.29, 0.717) is 13.2 Å². The molecule has 1 aromatic heterocycles. The van der Waals surface area contributed by atoms with Gasteiger partial charge in [0.1, 0.15) is 5.75 Å². The molecule has 6 heteroatoms. The molecule has 0 atom stereocenters. The number of benzene rings is 2. The number of guanidine groups is 1. The first kappa shape index (κ1) is 21.7. The lowest BCUT2D eigenvalue weighted by Crippen LogP contribution is -2.38. The lowest BCUT2D eigenvalue weighted by atomic mass is 10.1. The summed E-state index contributed by atoms with van der Waals surface area (Å²) in [7, 11) is 1.99. The van der Waals surface area contributed by atoms with E-state index in [0.717, 1.165) is 43.3 Å². The summed E-state index contributed by atoms with van der Waals surface area (Å²) in [6.45, 7) is 9.29. The van der Waals surface area contributed by atoms with Gasteiger partial charge in [0, 0.05) is 38.8 Å². The van der Waals surface area contributed by atoms with E-state index in [1.807, 2.05) is 23.9 Å². The molecular weight excluding hydrogens is 374 g/mol. The van der Waals surface area contributed by atoms with Crippen molar-refractivity contribution in [2.75, 3.05) is 26.2 Å². The molecule has 0 aliphatic heterocycles. The highest BCUT2D eigenvalue weighted by atomic mass is 16.5. The molecule has 2 N–H and O–H groups in total. The number of aryl methyl sites for hydroxylation is 2. The maximum atomic E-state index is 5.90. The number of ether oxygens (including phenoxy) is 1. The minimum Gasteiger partial charge on any atom is -0.494 e. The van der Waals surface area contributed by atoms with E-state index in [1.165, 1.54) is 22.0 Å². The molecule has 0 unspecified atom stereocenters. The molecule has 2 aromatic carbocycles. The van der Waals surface area contributed by atoms with Gasteiger partial charge in [-0.15, -0.1) is 0 Å². The summed E-state index contributed by atoms with van der Waals surface area (Å²) >= 11 is 0. The Morgan fingerprint density at radius 2 is 1.90 bits per heavy atom. The normalized spacial score (nSPS) is 11.7. The van der Waals surface area contributed by atoms with Crippen molar-refractivity contribution < 1.29 is 4.74 Å². The molecule has 0 aliphatic rings. The fourth-order valence-corrected chi connectivity index (χ4v) is 3.53. The molecule has 0 bridgehead atoms. The molecular formula is C24H33N5O. The van der Waals surface area contributed by atoms with Crippen LogP contribution in [-0.4, -0.2) is 42.0 Å². The number of hydrogen-bond acceptors (Lipinski definition) is 3. The summed E-state index contributed by atoms with van der Waals surface area (Å²) < 4.78 is 7.85. The van der Waals surface area contributed by atoms with E-state index in [2.05, 4.69) is 71.8 Å². The second-order valence-corrected chi connectivity index (χ2v) is 7.42. The van der Waals surface area contributed by atoms with E-state index < -0.39 is 0 Å². The molecule has 3 aromatic rings. The van der Waals surface area contributed by atoms with Gasteiger partial charge in [-0.2, -0.15) is 5.10 Å². The van der Waals surface area contributed by atoms with Crippen molar-refractivity contribution in [2.24, 2.45) is 12.0 Å². The first-order valence-corrected chi connectivity index (χ1v) is 10.7. The van der Waals surface area contributed by atoms with Gasteiger partial charge in [-0.05, 0) is 55.7 Å². The van der Waals surface area contributed by atoms with Crippen molar-refractivity contribution in [2.45, 2.75) is 33.6 Å². The molecule has 0 fully saturated rings. The predicted molar refractivity (Wildman–Crippen MR) is 124 cm³/mol. The van der Waals surface area contributed by atoms with Crippen LogP contribution in [0.1, 0.15) is 30.3 Å². The minimum absolute atomic E-state index is 0.648. The van der Waals surface area contributed by atoms with Gasteiger partial charge in [0.2, 0.25) is 0 Å². The van der Waals surface area contributed by atoms with Gasteiger partial charge in [-0.3, -0.25) is 9.67 Å². The summed E-state index contributed by atoms with van der Waals surface area (Å²) in [5, 5.41) is 13.6. The summed E-state index contributed by atoms with van der Waals surface area (Å²) in [5.74, 6) is 1.76. The monoisotopic (exact) mass is 407 g/mol. The van der Waals surface area contributed by atoms with E-state index >= 15 is 0 Å². The first-order valence-electron chi connectivity index (χ1n) is 10.7. The zero-order chi connectivity index (χ0) is 21.3. The number of nitrogens with zero attached hydrogens (tertiary/aromatic N) is 3. The topological polar surface area (TPSA) is 63.5 Å². The number of aromatic nitrogens is 2. The summed E-state index contributed by atoms with van der Waals surface area (Å²) in [5.41, 5.74) is 3.64. The standard InChI is InChI=1S/C24H33N5O/c1-5-25-24(27-15-13-23-18(2)28-29(4)19(23)3)26-14-8-16-30-22-12-11-20-9-6-7-10-21(20)17-22/h6-7,9-12,17H,5,8,13-16H2,1-4H3,(H2,25,26,27). The maximum absolute atomic E-state index is 5.90. The van der Waals surface area contributed by atoms with Gasteiger partial charge in [0.15, 0.2) is 5.96 Å². The molecule has 1 heterocycles. The van der Waals surface area contributed by atoms with Crippen molar-refractivity contribution >= 4 is 16.7 Å². The molecule has 160 valence electrons. The Labute approximate surface area is 179 Å². The Bertz CT molecular complexity index is 992. The van der Waals surface area contributed by atoms with Crippen LogP contribution < -0.4 is 15.4 Å². The van der Waals surface area contributed by atoms with Crippen LogP contribution in [-0.2, 0) is 13.5 Å². The van der Waals surface area contributed by atoms with Crippen molar-refractivity contribution in [3.8, 4) is 5.75 Å². The molecule has 3 rings (SSSR count). The third-order valence-electron chi connectivity index (χ3n) is 5.23. The Kier molecular flexibility index (Phi) is 7.71. The predicted octanol–water partition coefficient (Wildman–Crippen LogP) is 3.76. The van der Waals surface area contributed by atoms with Crippen LogP contribution in [0.5, 0.6) is 5.75 Å². The largest absolute Gasteiger partial charge is 0.494 e. The van der Waals surface area contributed by atoms with Crippen molar-refractivity contribution in [3.63, 3.8) is 0 Å². The average molecular weight is 408 g/mol. The van der Waals surface area contributed by atoms with Gasteiger partial charge >= 0.3 is 0 Å². The van der Waals surface area contributed by atoms with Crippen LogP contribution in [0.25, 0.3) is 10.8 Å². The Morgan fingerprint density at radius 3 is 2.63 bits per heavy atom. The van der Waals surface area contributed by atoms with Crippen LogP contribution in [0.3, 0.4) is 0 Å². The van der Waals surface area contributed by atoms with Gasteiger partial charge in [-0.25, -0.2) is 0 Å². The van der Waals surface area contributed by atoms with Crippen molar-refractivity contribution in [1.82, 2.24) is 20.4 Å². The Hall–Kier alpha value is -3.02. The average Bonchev–Trinajstić information content (AvgIpc) is 2.99. The summed E-state index contributed by atoms with van der Waals surface area (Å²) in [6, 6.07) is 14.5. The fraction of sp³-hybridized carbons (Fsp3) is 0.417. The van der Waals surface area contributed by atoms with Crippen LogP contribution >= 0.6 is 0 Å². The summed E-state index contributed by atoms with van der Waals surface area (Å²) in [6.07, 6.45) is 1.80. The van der Waals surface area contributed by atoms with Gasteiger partial charge < -0.3 is 15.4 Å². The van der Waals surface area contributed by atoms with E-state index in [4.69, 9.17) is 4.74 Å². The van der Waals surface area contributed by atoms with Crippen LogP contribution in [0.15, 0.2) is 47.5 Å². The van der Waals surface area contributed by atoms with Crippen LogP contribution in [0, 0.1) is 13.8 Å². The van der Waals surface area contributed by atoms with Crippen molar-refractivity contribution in [3.05, 3.63) is 59.4 Å². The van der Waals surface area contributed by atoms with E-state index in [-0.39, 0.29) is 0 Å². The number of hydrogen-bond donors (Lipinski definition) is 2. The number of fused-ring (bicyclic) bond motifs is 1. The van der Waals surface area contributed by atoms with Crippen LogP contribution in [0.4, 0.5) is 0 Å². The quantitative estimate of drug-likeness (QED) is 0.322. The molecule has 30 heavy (non-hydrogen) atoms. The first-order chi connectivity index (χ1) is 14.6. The van der Waals surface area contributed by atoms with E-state index in [1.54, 1.807) is 0 Å². The molecule has 0 radical (unpaired) electrons. The highest BCUT2D eigenvalue weighted by Crippen LogP contribution is 2.20. The Morgan fingerprint density at radius 1 is 1.10 bits per heavy atom. The van der Waals surface area contributed by atoms with Crippen molar-refractivity contribution in [1.29, 1.82) is 0 Å².